The highest BCUT2D eigenvalue weighted by atomic mass is 16.6. The van der Waals surface area contributed by atoms with Crippen LogP contribution in [0.1, 0.15) is 46.7 Å². The summed E-state index contributed by atoms with van der Waals surface area (Å²) in [5, 5.41) is 9.93. The molecule has 2 saturated carbocycles. The van der Waals surface area contributed by atoms with Gasteiger partial charge < -0.3 is 31.3 Å². The maximum Gasteiger partial charge on any atom is 0.410 e. The molecule has 1 aliphatic heterocycles. The lowest BCUT2D eigenvalue weighted by atomic mass is 10.1. The van der Waals surface area contributed by atoms with E-state index in [0.29, 0.717) is 48.5 Å². The number of rotatable bonds is 11. The minimum Gasteiger partial charge on any atom is -0.442 e. The summed E-state index contributed by atoms with van der Waals surface area (Å²) in [5.74, 6) is 1.31. The number of ether oxygens (including phenoxy) is 1. The first kappa shape index (κ1) is 25.2. The number of benzene rings is 3. The molecule has 0 spiro atoms. The summed E-state index contributed by atoms with van der Waals surface area (Å²) in [6.45, 7) is 2.66. The van der Waals surface area contributed by atoms with Gasteiger partial charge in [0.15, 0.2) is 0 Å². The Hall–Kier alpha value is -4.04. The average molecular weight is 526 g/mol. The van der Waals surface area contributed by atoms with E-state index in [-0.39, 0.29) is 18.1 Å². The fourth-order valence-corrected chi connectivity index (χ4v) is 5.11. The quantitative estimate of drug-likeness (QED) is 0.268. The number of cyclic esters (lactones) is 1. The Bertz CT molecular complexity index is 1320. The highest BCUT2D eigenvalue weighted by Crippen LogP contribution is 2.42. The number of nitrogen functional groups attached to an aromatic ring is 1. The maximum absolute atomic E-state index is 12.6. The Kier molecular flexibility index (Phi) is 7.11. The number of para-hydroxylation sites is 2. The van der Waals surface area contributed by atoms with E-state index in [9.17, 15) is 9.59 Å². The van der Waals surface area contributed by atoms with E-state index in [1.807, 2.05) is 24.3 Å². The number of hydrogen-bond acceptors (Lipinski definition) is 6. The molecule has 0 bridgehead atoms. The Morgan fingerprint density at radius 3 is 2.49 bits per heavy atom. The zero-order valence-electron chi connectivity index (χ0n) is 21.9. The first-order valence-electron chi connectivity index (χ1n) is 13.8. The van der Waals surface area contributed by atoms with Crippen molar-refractivity contribution in [2.24, 2.45) is 5.92 Å². The van der Waals surface area contributed by atoms with Crippen LogP contribution in [-0.4, -0.2) is 48.7 Å². The molecule has 5 N–H and O–H groups in total. The van der Waals surface area contributed by atoms with Gasteiger partial charge in [-0.05, 0) is 79.3 Å². The van der Waals surface area contributed by atoms with Crippen molar-refractivity contribution in [3.63, 3.8) is 0 Å². The summed E-state index contributed by atoms with van der Waals surface area (Å²) < 4.78 is 5.58. The van der Waals surface area contributed by atoms with E-state index in [1.54, 1.807) is 29.2 Å². The van der Waals surface area contributed by atoms with E-state index >= 15 is 0 Å². The largest absolute Gasteiger partial charge is 0.442 e. The molecule has 3 unspecified atom stereocenters. The second-order valence-corrected chi connectivity index (χ2v) is 10.9. The van der Waals surface area contributed by atoms with Crippen molar-refractivity contribution in [2.45, 2.75) is 43.9 Å². The first-order valence-corrected chi connectivity index (χ1v) is 13.8. The Morgan fingerprint density at radius 1 is 0.974 bits per heavy atom. The SMILES string of the molecule is Nc1ccccc1NC(=O)c1ccc(CN2CC(CNc3ccc(C4CC4NCC4CC4)cc3)OC2=O)cc1. The lowest BCUT2D eigenvalue weighted by molar-refractivity contribution is 0.102. The summed E-state index contributed by atoms with van der Waals surface area (Å²) in [7, 11) is 0. The van der Waals surface area contributed by atoms with Crippen LogP contribution in [0.5, 0.6) is 0 Å². The monoisotopic (exact) mass is 525 g/mol. The van der Waals surface area contributed by atoms with Crippen LogP contribution in [0.3, 0.4) is 0 Å². The molecule has 3 aromatic rings. The zero-order chi connectivity index (χ0) is 26.8. The van der Waals surface area contributed by atoms with Gasteiger partial charge in [-0.3, -0.25) is 4.79 Å². The average Bonchev–Trinajstić information content (AvgIpc) is 3.87. The molecule has 3 atom stereocenters. The van der Waals surface area contributed by atoms with Gasteiger partial charge in [0.05, 0.1) is 24.5 Å². The van der Waals surface area contributed by atoms with Gasteiger partial charge in [0, 0.05) is 29.8 Å². The normalized spacial score (nSPS) is 21.9. The zero-order valence-corrected chi connectivity index (χ0v) is 21.9. The smallest absolute Gasteiger partial charge is 0.410 e. The van der Waals surface area contributed by atoms with Crippen molar-refractivity contribution in [3.05, 3.63) is 89.5 Å². The molecule has 8 heteroatoms. The third kappa shape index (κ3) is 6.34. The molecular weight excluding hydrogens is 490 g/mol. The number of hydrogen-bond donors (Lipinski definition) is 4. The molecule has 3 fully saturated rings. The third-order valence-electron chi connectivity index (χ3n) is 7.78. The summed E-state index contributed by atoms with van der Waals surface area (Å²) in [6, 6.07) is 23.6. The lowest BCUT2D eigenvalue weighted by Gasteiger charge is -2.14. The van der Waals surface area contributed by atoms with Crippen LogP contribution in [-0.2, 0) is 11.3 Å². The van der Waals surface area contributed by atoms with Gasteiger partial charge in [-0.1, -0.05) is 36.4 Å². The van der Waals surface area contributed by atoms with Crippen LogP contribution in [0, 0.1) is 5.92 Å². The fraction of sp³-hybridized carbons (Fsp3) is 0.355. The van der Waals surface area contributed by atoms with Crippen LogP contribution in [0.25, 0.3) is 0 Å². The molecule has 1 saturated heterocycles. The van der Waals surface area contributed by atoms with Crippen LogP contribution < -0.4 is 21.7 Å². The number of amides is 2. The summed E-state index contributed by atoms with van der Waals surface area (Å²) in [6.07, 6.45) is 3.46. The Morgan fingerprint density at radius 2 is 1.74 bits per heavy atom. The van der Waals surface area contributed by atoms with Crippen molar-refractivity contribution in [1.82, 2.24) is 10.2 Å². The molecule has 3 aromatic carbocycles. The van der Waals surface area contributed by atoms with Crippen molar-refractivity contribution >= 4 is 29.1 Å². The molecule has 39 heavy (non-hydrogen) atoms. The molecule has 8 nitrogen and oxygen atoms in total. The molecule has 0 radical (unpaired) electrons. The second kappa shape index (κ2) is 11.0. The Balaban J connectivity index is 0.950. The molecule has 6 rings (SSSR count). The van der Waals surface area contributed by atoms with E-state index in [1.165, 1.54) is 31.4 Å². The third-order valence-corrected chi connectivity index (χ3v) is 7.78. The van der Waals surface area contributed by atoms with Gasteiger partial charge in [0.25, 0.3) is 5.91 Å². The second-order valence-electron chi connectivity index (χ2n) is 10.9. The van der Waals surface area contributed by atoms with Crippen molar-refractivity contribution in [1.29, 1.82) is 0 Å². The van der Waals surface area contributed by atoms with E-state index in [0.717, 1.165) is 17.2 Å². The molecule has 1 heterocycles. The van der Waals surface area contributed by atoms with E-state index in [4.69, 9.17) is 10.5 Å². The number of carbonyl (C=O) groups excluding carboxylic acids is 2. The number of nitrogens with two attached hydrogens (primary N) is 1. The van der Waals surface area contributed by atoms with Gasteiger partial charge in [-0.25, -0.2) is 4.79 Å². The van der Waals surface area contributed by atoms with Gasteiger partial charge in [0.2, 0.25) is 0 Å². The topological polar surface area (TPSA) is 109 Å². The van der Waals surface area contributed by atoms with Crippen LogP contribution >= 0.6 is 0 Å². The van der Waals surface area contributed by atoms with Crippen molar-refractivity contribution in [3.8, 4) is 0 Å². The summed E-state index contributed by atoms with van der Waals surface area (Å²) >= 11 is 0. The first-order chi connectivity index (χ1) is 19.0. The standard InChI is InChI=1S/C31H35N5O3/c32-27-3-1-2-4-28(27)35-30(37)23-9-7-21(8-10-23)18-36-19-25(39-31(36)38)17-33-24-13-11-22(12-14-24)26-15-29(26)34-16-20-5-6-20/h1-4,7-14,20,25-26,29,33-34H,5-6,15-19,32H2,(H,35,37). The summed E-state index contributed by atoms with van der Waals surface area (Å²) in [5.41, 5.74) is 10.9. The molecular formula is C31H35N5O3. The fourth-order valence-electron chi connectivity index (χ4n) is 5.11. The lowest BCUT2D eigenvalue weighted by Crippen LogP contribution is -2.27. The van der Waals surface area contributed by atoms with Crippen LogP contribution in [0.15, 0.2) is 72.8 Å². The molecule has 202 valence electrons. The predicted molar refractivity (Wildman–Crippen MR) is 153 cm³/mol. The predicted octanol–water partition coefficient (Wildman–Crippen LogP) is 4.81. The van der Waals surface area contributed by atoms with Gasteiger partial charge in [0.1, 0.15) is 6.10 Å². The van der Waals surface area contributed by atoms with Crippen molar-refractivity contribution in [2.75, 3.05) is 36.0 Å². The highest BCUT2D eigenvalue weighted by molar-refractivity contribution is 6.05. The molecule has 3 aliphatic rings. The van der Waals surface area contributed by atoms with Crippen molar-refractivity contribution < 1.29 is 14.3 Å². The van der Waals surface area contributed by atoms with Crippen LogP contribution in [0.2, 0.25) is 0 Å². The number of carbonyl (C=O) groups is 2. The molecule has 2 aliphatic carbocycles. The van der Waals surface area contributed by atoms with Crippen LogP contribution in [0.4, 0.5) is 21.9 Å². The molecule has 2 amide bonds. The number of anilines is 3. The maximum atomic E-state index is 12.6. The van der Waals surface area contributed by atoms with Gasteiger partial charge >= 0.3 is 6.09 Å². The van der Waals surface area contributed by atoms with Gasteiger partial charge in [-0.2, -0.15) is 0 Å². The Labute approximate surface area is 228 Å². The number of nitrogens with one attached hydrogen (secondary N) is 3. The van der Waals surface area contributed by atoms with E-state index in [2.05, 4.69) is 40.2 Å². The minimum atomic E-state index is -0.322. The highest BCUT2D eigenvalue weighted by Gasteiger charge is 2.39. The summed E-state index contributed by atoms with van der Waals surface area (Å²) in [4.78, 5) is 26.7. The van der Waals surface area contributed by atoms with E-state index < -0.39 is 0 Å². The number of nitrogens with zero attached hydrogens (tertiary/aromatic N) is 1. The minimum absolute atomic E-state index is 0.224. The van der Waals surface area contributed by atoms with Gasteiger partial charge in [-0.15, -0.1) is 0 Å². The molecule has 0 aromatic heterocycles.